The molecule has 0 saturated heterocycles. The summed E-state index contributed by atoms with van der Waals surface area (Å²) in [5.41, 5.74) is 2.75. The number of hydrogen-bond acceptors (Lipinski definition) is 7. The molecule has 0 radical (unpaired) electrons. The van der Waals surface area contributed by atoms with E-state index in [-0.39, 0.29) is 24.2 Å². The van der Waals surface area contributed by atoms with Crippen LogP contribution in [-0.4, -0.2) is 49.6 Å². The van der Waals surface area contributed by atoms with Crippen LogP contribution in [0, 0.1) is 0 Å². The lowest BCUT2D eigenvalue weighted by molar-refractivity contribution is 0.102. The number of pyridine rings is 1. The van der Waals surface area contributed by atoms with Crippen molar-refractivity contribution in [3.63, 3.8) is 0 Å². The predicted molar refractivity (Wildman–Crippen MR) is 119 cm³/mol. The minimum atomic E-state index is -3.29. The van der Waals surface area contributed by atoms with Gasteiger partial charge in [0.1, 0.15) is 11.5 Å². The second kappa shape index (κ2) is 8.75. The number of fused-ring (bicyclic) bond motifs is 1. The number of benzene rings is 1. The second-order valence-electron chi connectivity index (χ2n) is 7.97. The van der Waals surface area contributed by atoms with Gasteiger partial charge in [0, 0.05) is 18.7 Å². The lowest BCUT2D eigenvalue weighted by Crippen LogP contribution is -2.27. The molecule has 4 rings (SSSR count). The quantitative estimate of drug-likeness (QED) is 0.581. The lowest BCUT2D eigenvalue weighted by atomic mass is 10.1. The van der Waals surface area contributed by atoms with E-state index < -0.39 is 10.0 Å². The van der Waals surface area contributed by atoms with Crippen LogP contribution in [0.2, 0.25) is 0 Å². The van der Waals surface area contributed by atoms with E-state index in [0.29, 0.717) is 35.9 Å². The zero-order valence-corrected chi connectivity index (χ0v) is 19.0. The van der Waals surface area contributed by atoms with Crippen molar-refractivity contribution >= 4 is 21.7 Å². The van der Waals surface area contributed by atoms with Crippen LogP contribution in [0.5, 0.6) is 0 Å². The van der Waals surface area contributed by atoms with Crippen LogP contribution in [0.1, 0.15) is 54.7 Å². The molecule has 0 bridgehead atoms. The average Bonchev–Trinajstić information content (AvgIpc) is 3.41. The summed E-state index contributed by atoms with van der Waals surface area (Å²) < 4.78 is 27.9. The van der Waals surface area contributed by atoms with Crippen molar-refractivity contribution in [2.45, 2.75) is 46.3 Å². The summed E-state index contributed by atoms with van der Waals surface area (Å²) in [7, 11) is -3.29. The maximum atomic E-state index is 12.8. The molecule has 1 aromatic carbocycles. The molecule has 11 heteroatoms. The van der Waals surface area contributed by atoms with Crippen molar-refractivity contribution in [2.24, 2.45) is 0 Å². The minimum absolute atomic E-state index is 0.0622. The maximum absolute atomic E-state index is 12.8. The van der Waals surface area contributed by atoms with Gasteiger partial charge < -0.3 is 5.32 Å². The average molecular weight is 456 g/mol. The van der Waals surface area contributed by atoms with E-state index in [2.05, 4.69) is 25.8 Å². The number of aromatic nitrogens is 5. The highest BCUT2D eigenvalue weighted by molar-refractivity contribution is 7.89. The number of carbonyl (C=O) groups excluding carboxylic acids is 1. The Bertz CT molecular complexity index is 1250. The van der Waals surface area contributed by atoms with E-state index in [9.17, 15) is 13.2 Å². The number of anilines is 1. The molecule has 10 nitrogen and oxygen atoms in total. The van der Waals surface area contributed by atoms with Gasteiger partial charge in [-0.05, 0) is 66.1 Å². The monoisotopic (exact) mass is 455 g/mol. The maximum Gasteiger partial charge on any atom is 0.256 e. The van der Waals surface area contributed by atoms with Gasteiger partial charge in [-0.3, -0.25) is 4.79 Å². The molecule has 0 aliphatic carbocycles. The van der Waals surface area contributed by atoms with Crippen LogP contribution < -0.4 is 5.32 Å². The number of nitrogens with zero attached hydrogens (tertiary/aromatic N) is 6. The summed E-state index contributed by atoms with van der Waals surface area (Å²) in [6.45, 7) is 6.40. The molecule has 1 amide bonds. The first-order valence-electron chi connectivity index (χ1n) is 10.4. The number of nitrogens with one attached hydrogen (secondary N) is 1. The molecule has 0 fully saturated rings. The van der Waals surface area contributed by atoms with Gasteiger partial charge in [0.05, 0.1) is 11.8 Å². The third kappa shape index (κ3) is 4.39. The highest BCUT2D eigenvalue weighted by atomic mass is 32.2. The van der Waals surface area contributed by atoms with Gasteiger partial charge in [-0.1, -0.05) is 19.1 Å². The topological polar surface area (TPSA) is 123 Å². The zero-order valence-electron chi connectivity index (χ0n) is 18.2. The van der Waals surface area contributed by atoms with Crippen molar-refractivity contribution < 1.29 is 13.2 Å². The highest BCUT2D eigenvalue weighted by Gasteiger charge is 2.29. The molecular weight excluding hydrogens is 430 g/mol. The summed E-state index contributed by atoms with van der Waals surface area (Å²) >= 11 is 0. The van der Waals surface area contributed by atoms with E-state index >= 15 is 0 Å². The molecule has 1 aliphatic rings. The fourth-order valence-corrected chi connectivity index (χ4v) is 5.06. The number of carbonyl (C=O) groups is 1. The molecule has 1 aliphatic heterocycles. The number of sulfonamides is 1. The van der Waals surface area contributed by atoms with Crippen molar-refractivity contribution in [3.05, 3.63) is 53.1 Å². The van der Waals surface area contributed by atoms with Crippen LogP contribution >= 0.6 is 0 Å². The highest BCUT2D eigenvalue weighted by Crippen LogP contribution is 2.27. The lowest BCUT2D eigenvalue weighted by Gasteiger charge is -2.14. The van der Waals surface area contributed by atoms with Crippen LogP contribution in [0.25, 0.3) is 11.5 Å². The first kappa shape index (κ1) is 22.0. The fourth-order valence-electron chi connectivity index (χ4n) is 3.62. The molecule has 0 spiro atoms. The summed E-state index contributed by atoms with van der Waals surface area (Å²) in [5.74, 6) is 0.687. The Morgan fingerprint density at radius 3 is 2.69 bits per heavy atom. The predicted octanol–water partition coefficient (Wildman–Crippen LogP) is 2.62. The van der Waals surface area contributed by atoms with Gasteiger partial charge >= 0.3 is 0 Å². The number of rotatable bonds is 7. The van der Waals surface area contributed by atoms with Crippen LogP contribution in [0.3, 0.4) is 0 Å². The first-order valence-corrected chi connectivity index (χ1v) is 12.1. The van der Waals surface area contributed by atoms with Gasteiger partial charge in [-0.2, -0.15) is 4.31 Å². The van der Waals surface area contributed by atoms with Gasteiger partial charge in [-0.15, -0.1) is 5.10 Å². The minimum Gasteiger partial charge on any atom is -0.307 e. The van der Waals surface area contributed by atoms with E-state index in [0.717, 1.165) is 11.1 Å². The fraction of sp³-hybridized carbons (Fsp3) is 0.381. The molecule has 2 aromatic heterocycles. The summed E-state index contributed by atoms with van der Waals surface area (Å²) in [5, 5.41) is 14.5. The van der Waals surface area contributed by atoms with E-state index in [1.807, 2.05) is 26.8 Å². The Balaban J connectivity index is 1.51. The number of amides is 1. The summed E-state index contributed by atoms with van der Waals surface area (Å²) in [6, 6.07) is 10.6. The number of tetrazole rings is 1. The Kier molecular flexibility index (Phi) is 6.02. The van der Waals surface area contributed by atoms with Crippen LogP contribution in [0.15, 0.2) is 36.4 Å². The van der Waals surface area contributed by atoms with Gasteiger partial charge in [0.2, 0.25) is 15.8 Å². The van der Waals surface area contributed by atoms with E-state index in [4.69, 9.17) is 0 Å². The number of hydrogen-bond donors (Lipinski definition) is 1. The standard InChI is InChI=1S/C21H25N7O3S/c1-4-10-32(30,31)27-12-16-9-8-15(11-17(16)13-27)21(29)23-19-7-5-6-18(22-19)20-24-25-26-28(20)14(2)3/h5-9,11,14H,4,10,12-13H2,1-3H3,(H,22,23,29). The Hall–Kier alpha value is -3.18. The van der Waals surface area contributed by atoms with Crippen molar-refractivity contribution in [3.8, 4) is 11.5 Å². The molecule has 0 unspecified atom stereocenters. The molecule has 32 heavy (non-hydrogen) atoms. The van der Waals surface area contributed by atoms with Gasteiger partial charge in [0.15, 0.2) is 0 Å². The van der Waals surface area contributed by atoms with Crippen molar-refractivity contribution in [2.75, 3.05) is 11.1 Å². The Morgan fingerprint density at radius 1 is 1.16 bits per heavy atom. The molecule has 0 saturated carbocycles. The van der Waals surface area contributed by atoms with E-state index in [1.54, 1.807) is 35.0 Å². The molecule has 3 aromatic rings. The van der Waals surface area contributed by atoms with Gasteiger partial charge in [-0.25, -0.2) is 18.1 Å². The van der Waals surface area contributed by atoms with Crippen molar-refractivity contribution in [1.82, 2.24) is 29.5 Å². The summed E-state index contributed by atoms with van der Waals surface area (Å²) in [6.07, 6.45) is 0.568. The molecule has 0 atom stereocenters. The van der Waals surface area contributed by atoms with Crippen LogP contribution in [0.4, 0.5) is 5.82 Å². The molecular formula is C21H25N7O3S. The van der Waals surface area contributed by atoms with E-state index in [1.165, 1.54) is 4.31 Å². The Morgan fingerprint density at radius 2 is 1.94 bits per heavy atom. The zero-order chi connectivity index (χ0) is 22.9. The largest absolute Gasteiger partial charge is 0.307 e. The smallest absolute Gasteiger partial charge is 0.256 e. The Labute approximate surface area is 186 Å². The molecule has 168 valence electrons. The molecule has 1 N–H and O–H groups in total. The van der Waals surface area contributed by atoms with Crippen LogP contribution in [-0.2, 0) is 23.1 Å². The first-order chi connectivity index (χ1) is 15.3. The normalized spacial score (nSPS) is 14.0. The second-order valence-corrected chi connectivity index (χ2v) is 10.1. The van der Waals surface area contributed by atoms with Crippen molar-refractivity contribution in [1.29, 1.82) is 0 Å². The summed E-state index contributed by atoms with van der Waals surface area (Å²) in [4.78, 5) is 17.3. The third-order valence-corrected chi connectivity index (χ3v) is 7.19. The molecule has 3 heterocycles. The SMILES string of the molecule is CCCS(=O)(=O)N1Cc2ccc(C(=O)Nc3cccc(-c4nnnn4C(C)C)n3)cc2C1. The third-order valence-electron chi connectivity index (χ3n) is 5.22. The van der Waals surface area contributed by atoms with Gasteiger partial charge in [0.25, 0.3) is 5.91 Å².